The maximum atomic E-state index is 11.8. The minimum atomic E-state index is -1.79. The number of rotatable bonds is 4. The molecule has 0 spiro atoms. The fourth-order valence-corrected chi connectivity index (χ4v) is 3.68. The smallest absolute Gasteiger partial charge is 0.309 e. The van der Waals surface area contributed by atoms with Gasteiger partial charge in [-0.25, -0.2) is 0 Å². The van der Waals surface area contributed by atoms with Gasteiger partial charge in [-0.3, -0.25) is 4.79 Å². The van der Waals surface area contributed by atoms with Gasteiger partial charge in [0, 0.05) is 5.92 Å². The van der Waals surface area contributed by atoms with Gasteiger partial charge in [0.2, 0.25) is 8.32 Å². The Morgan fingerprint density at radius 1 is 1.42 bits per heavy atom. The molecule has 0 aromatic carbocycles. The monoisotopic (exact) mass is 282 g/mol. The van der Waals surface area contributed by atoms with E-state index < -0.39 is 8.32 Å². The quantitative estimate of drug-likeness (QED) is 0.582. The maximum Gasteiger partial charge on any atom is 0.309 e. The van der Waals surface area contributed by atoms with Gasteiger partial charge >= 0.3 is 5.97 Å². The van der Waals surface area contributed by atoms with E-state index in [2.05, 4.69) is 39.9 Å². The van der Waals surface area contributed by atoms with Gasteiger partial charge in [-0.15, -0.1) is 0 Å². The number of allylic oxidation sites excluding steroid dienone is 2. The lowest BCUT2D eigenvalue weighted by atomic mass is 10.2. The van der Waals surface area contributed by atoms with Crippen LogP contribution < -0.4 is 0 Å². The molecule has 0 amide bonds. The lowest BCUT2D eigenvalue weighted by Gasteiger charge is -2.37. The average Bonchev–Trinajstić information content (AvgIpc) is 2.86. The van der Waals surface area contributed by atoms with E-state index in [0.717, 1.165) is 12.2 Å². The normalized spacial score (nSPS) is 29.6. The Balaban J connectivity index is 2.00. The summed E-state index contributed by atoms with van der Waals surface area (Å²) in [6.07, 6.45) is 3.16. The molecule has 0 heterocycles. The predicted molar refractivity (Wildman–Crippen MR) is 78.1 cm³/mol. The molecule has 3 unspecified atom stereocenters. The third-order valence-corrected chi connectivity index (χ3v) is 9.18. The van der Waals surface area contributed by atoms with E-state index in [9.17, 15) is 4.79 Å². The highest BCUT2D eigenvalue weighted by molar-refractivity contribution is 6.74. The molecule has 3 atom stereocenters. The molecule has 1 fully saturated rings. The molecule has 2 aliphatic carbocycles. The van der Waals surface area contributed by atoms with Gasteiger partial charge in [-0.1, -0.05) is 20.8 Å². The largest absolute Gasteiger partial charge is 0.547 e. The van der Waals surface area contributed by atoms with Gasteiger partial charge in [0.15, 0.2) is 0 Å². The summed E-state index contributed by atoms with van der Waals surface area (Å²) in [5.74, 6) is 1.83. The number of esters is 1. The second kappa shape index (κ2) is 4.65. The third kappa shape index (κ3) is 2.60. The minimum Gasteiger partial charge on any atom is -0.547 e. The highest BCUT2D eigenvalue weighted by atomic mass is 28.4. The Kier molecular flexibility index (Phi) is 3.58. The minimum absolute atomic E-state index is 0.0399. The summed E-state index contributed by atoms with van der Waals surface area (Å²) in [4.78, 5) is 11.8. The molecule has 0 aliphatic heterocycles. The van der Waals surface area contributed by atoms with E-state index in [1.165, 1.54) is 0 Å². The second-order valence-corrected chi connectivity index (χ2v) is 11.9. The van der Waals surface area contributed by atoms with Crippen LogP contribution >= 0.6 is 0 Å². The van der Waals surface area contributed by atoms with Crippen LogP contribution in [-0.4, -0.2) is 20.9 Å². The Bertz CT molecular complexity index is 406. The van der Waals surface area contributed by atoms with E-state index in [1.807, 2.05) is 6.92 Å². The fraction of sp³-hybridized carbons (Fsp3) is 0.800. The summed E-state index contributed by atoms with van der Waals surface area (Å²) >= 11 is 0. The van der Waals surface area contributed by atoms with E-state index in [-0.39, 0.29) is 16.9 Å². The lowest BCUT2D eigenvalue weighted by molar-refractivity contribution is -0.145. The van der Waals surface area contributed by atoms with Gasteiger partial charge < -0.3 is 9.16 Å². The summed E-state index contributed by atoms with van der Waals surface area (Å²) in [6, 6.07) is 0. The molecular formula is C15H26O3Si. The Morgan fingerprint density at radius 3 is 2.58 bits per heavy atom. The molecule has 3 nitrogen and oxygen atoms in total. The molecule has 4 heteroatoms. The first kappa shape index (κ1) is 14.6. The summed E-state index contributed by atoms with van der Waals surface area (Å²) < 4.78 is 11.5. The Morgan fingerprint density at radius 2 is 2.05 bits per heavy atom. The lowest BCUT2D eigenvalue weighted by Crippen LogP contribution is -2.40. The van der Waals surface area contributed by atoms with Crippen molar-refractivity contribution in [3.8, 4) is 0 Å². The van der Waals surface area contributed by atoms with Crippen LogP contribution in [0.5, 0.6) is 0 Å². The third-order valence-electron chi connectivity index (χ3n) is 4.83. The molecule has 0 saturated heterocycles. The summed E-state index contributed by atoms with van der Waals surface area (Å²) in [5, 5.41) is 0.195. The van der Waals surface area contributed by atoms with Crippen molar-refractivity contribution < 1.29 is 14.0 Å². The zero-order valence-electron chi connectivity index (χ0n) is 12.9. The number of ether oxygens (including phenoxy) is 1. The van der Waals surface area contributed by atoms with Gasteiger partial charge in [0.05, 0.1) is 18.3 Å². The zero-order valence-corrected chi connectivity index (χ0v) is 13.9. The highest BCUT2D eigenvalue weighted by Gasteiger charge is 2.61. The molecule has 2 rings (SSSR count). The second-order valence-electron chi connectivity index (χ2n) is 7.17. The molecule has 0 radical (unpaired) electrons. The van der Waals surface area contributed by atoms with Crippen molar-refractivity contribution >= 4 is 14.3 Å². The number of hydrogen-bond acceptors (Lipinski definition) is 3. The van der Waals surface area contributed by atoms with Crippen LogP contribution in [0.2, 0.25) is 18.1 Å². The van der Waals surface area contributed by atoms with Crippen molar-refractivity contribution in [2.75, 3.05) is 6.61 Å². The topological polar surface area (TPSA) is 35.5 Å². The molecule has 0 aromatic heterocycles. The van der Waals surface area contributed by atoms with Crippen LogP contribution in [0, 0.1) is 17.8 Å². The number of hydrogen-bond donors (Lipinski definition) is 0. The van der Waals surface area contributed by atoms with Crippen molar-refractivity contribution in [2.45, 2.75) is 52.2 Å². The van der Waals surface area contributed by atoms with E-state index in [1.54, 1.807) is 0 Å². The van der Waals surface area contributed by atoms with Crippen molar-refractivity contribution in [3.05, 3.63) is 11.8 Å². The average molecular weight is 282 g/mol. The van der Waals surface area contributed by atoms with Crippen LogP contribution in [0.3, 0.4) is 0 Å². The summed E-state index contributed by atoms with van der Waals surface area (Å²) in [7, 11) is -1.79. The first-order valence-electron chi connectivity index (χ1n) is 7.24. The molecule has 1 saturated carbocycles. The number of carbonyl (C=O) groups excluding carboxylic acids is 1. The molecule has 19 heavy (non-hydrogen) atoms. The molecule has 2 aliphatic rings. The summed E-state index contributed by atoms with van der Waals surface area (Å²) in [5.41, 5.74) is 0. The van der Waals surface area contributed by atoms with E-state index in [4.69, 9.17) is 9.16 Å². The number of fused-ring (bicyclic) bond motifs is 1. The molecular weight excluding hydrogens is 256 g/mol. The van der Waals surface area contributed by atoms with Crippen LogP contribution in [0.25, 0.3) is 0 Å². The van der Waals surface area contributed by atoms with Gasteiger partial charge in [-0.05, 0) is 43.5 Å². The highest BCUT2D eigenvalue weighted by Crippen LogP contribution is 2.59. The van der Waals surface area contributed by atoms with Crippen molar-refractivity contribution in [1.29, 1.82) is 0 Å². The van der Waals surface area contributed by atoms with Gasteiger partial charge in [-0.2, -0.15) is 0 Å². The van der Waals surface area contributed by atoms with Crippen LogP contribution in [0.15, 0.2) is 11.8 Å². The summed E-state index contributed by atoms with van der Waals surface area (Å²) in [6.45, 7) is 13.5. The predicted octanol–water partition coefficient (Wildman–Crippen LogP) is 3.72. The standard InChI is InChI=1S/C15H26O3Si/c1-7-17-14(16)13-10-8-9-11(12(10)13)18-19(5,6)15(2,3)4/h9-10,12-13H,7-8H2,1-6H3. The van der Waals surface area contributed by atoms with E-state index in [0.29, 0.717) is 18.4 Å². The SMILES string of the molecule is CCOC(=O)C1C2CC=C(O[Si](C)(C)C(C)(C)C)C21. The van der Waals surface area contributed by atoms with Crippen molar-refractivity contribution in [3.63, 3.8) is 0 Å². The van der Waals surface area contributed by atoms with Crippen LogP contribution in [0.1, 0.15) is 34.1 Å². The zero-order chi connectivity index (χ0) is 14.4. The molecule has 108 valence electrons. The fourth-order valence-electron chi connectivity index (χ4n) is 2.56. The maximum absolute atomic E-state index is 11.8. The molecule has 0 bridgehead atoms. The molecule has 0 N–H and O–H groups in total. The first-order valence-corrected chi connectivity index (χ1v) is 10.2. The first-order chi connectivity index (χ1) is 8.69. The molecule has 0 aromatic rings. The van der Waals surface area contributed by atoms with Crippen molar-refractivity contribution in [1.82, 2.24) is 0 Å². The Labute approximate surface area is 117 Å². The van der Waals surface area contributed by atoms with Gasteiger partial charge in [0.1, 0.15) is 0 Å². The van der Waals surface area contributed by atoms with Crippen LogP contribution in [0.4, 0.5) is 0 Å². The van der Waals surface area contributed by atoms with Gasteiger partial charge in [0.25, 0.3) is 0 Å². The van der Waals surface area contributed by atoms with Crippen LogP contribution in [-0.2, 0) is 14.0 Å². The van der Waals surface area contributed by atoms with E-state index >= 15 is 0 Å². The van der Waals surface area contributed by atoms with Crippen molar-refractivity contribution in [2.24, 2.45) is 17.8 Å². The Hall–Kier alpha value is -0.773. The number of carbonyl (C=O) groups is 1.